The fourth-order valence-electron chi connectivity index (χ4n) is 3.92. The number of esters is 1. The van der Waals surface area contributed by atoms with E-state index in [1.165, 1.54) is 0 Å². The molecular weight excluding hydrogens is 424 g/mol. The van der Waals surface area contributed by atoms with Gasteiger partial charge in [-0.2, -0.15) is 0 Å². The van der Waals surface area contributed by atoms with Crippen LogP contribution in [-0.4, -0.2) is 63.8 Å². The van der Waals surface area contributed by atoms with Gasteiger partial charge in [0.2, 0.25) is 10.9 Å². The summed E-state index contributed by atoms with van der Waals surface area (Å²) in [5, 5.41) is 4.34. The molecule has 1 amide bonds. The molecule has 1 aliphatic carbocycles. The van der Waals surface area contributed by atoms with E-state index < -0.39 is 55.2 Å². The highest BCUT2D eigenvalue weighted by Crippen LogP contribution is 2.28. The van der Waals surface area contributed by atoms with Gasteiger partial charge < -0.3 is 14.1 Å². The first-order chi connectivity index (χ1) is 13.6. The Morgan fingerprint density at radius 3 is 2.38 bits per heavy atom. The molecule has 12 heteroatoms. The molecule has 162 valence electrons. The highest BCUT2D eigenvalue weighted by atomic mass is 32.2. The van der Waals surface area contributed by atoms with Gasteiger partial charge >= 0.3 is 5.97 Å². The number of rotatable bonds is 6. The first kappa shape index (κ1) is 21.8. The minimum absolute atomic E-state index is 0.0384. The summed E-state index contributed by atoms with van der Waals surface area (Å²) in [5.74, 6) is -1.91. The third-order valence-corrected chi connectivity index (χ3v) is 7.78. The van der Waals surface area contributed by atoms with E-state index in [1.54, 1.807) is 4.90 Å². The Morgan fingerprint density at radius 1 is 1.14 bits per heavy atom. The number of carbonyl (C=O) groups is 2. The number of nitrogens with two attached hydrogens (primary N) is 1. The molecule has 1 atom stereocenters. The molecule has 1 unspecified atom stereocenters. The first-order valence-electron chi connectivity index (χ1n) is 9.38. The second-order valence-corrected chi connectivity index (χ2v) is 11.1. The summed E-state index contributed by atoms with van der Waals surface area (Å²) in [7, 11) is -7.29. The maximum atomic E-state index is 12.8. The molecular formula is C17H24N2O8S2. The van der Waals surface area contributed by atoms with E-state index in [0.29, 0.717) is 6.42 Å². The topological polar surface area (TPSA) is 154 Å². The van der Waals surface area contributed by atoms with Crippen LogP contribution in [0.4, 0.5) is 0 Å². The van der Waals surface area contributed by atoms with Crippen molar-refractivity contribution in [3.63, 3.8) is 0 Å². The fourth-order valence-corrected chi connectivity index (χ4v) is 6.09. The van der Waals surface area contributed by atoms with Gasteiger partial charge in [0.15, 0.2) is 16.4 Å². The van der Waals surface area contributed by atoms with Crippen LogP contribution < -0.4 is 5.14 Å². The average molecular weight is 449 g/mol. The van der Waals surface area contributed by atoms with Crippen molar-refractivity contribution < 1.29 is 35.6 Å². The van der Waals surface area contributed by atoms with Gasteiger partial charge in [-0.3, -0.25) is 4.79 Å². The summed E-state index contributed by atoms with van der Waals surface area (Å²) in [6, 6.07) is 1.61. The number of ether oxygens (including phenoxy) is 1. The smallest absolute Gasteiger partial charge is 0.374 e. The second-order valence-electron chi connectivity index (χ2n) is 7.39. The van der Waals surface area contributed by atoms with Crippen LogP contribution in [0.15, 0.2) is 21.6 Å². The quantitative estimate of drug-likeness (QED) is 0.615. The van der Waals surface area contributed by atoms with Gasteiger partial charge in [0.25, 0.3) is 15.9 Å². The zero-order valence-corrected chi connectivity index (χ0v) is 17.4. The van der Waals surface area contributed by atoms with E-state index in [-0.39, 0.29) is 17.5 Å². The van der Waals surface area contributed by atoms with Gasteiger partial charge in [-0.25, -0.2) is 26.8 Å². The van der Waals surface area contributed by atoms with Crippen LogP contribution in [0.2, 0.25) is 0 Å². The van der Waals surface area contributed by atoms with Gasteiger partial charge in [0.05, 0.1) is 11.5 Å². The van der Waals surface area contributed by atoms with E-state index in [2.05, 4.69) is 0 Å². The molecule has 0 spiro atoms. The molecule has 1 saturated heterocycles. The lowest BCUT2D eigenvalue weighted by molar-refractivity contribution is -0.140. The SMILES string of the molecule is NS(=O)(=O)c1ccc(C(=O)OCC(=O)N(C2CCCCC2)C2CCS(=O)(=O)C2)o1. The predicted octanol–water partition coefficient (Wildman–Crippen LogP) is 0.432. The molecule has 0 aromatic carbocycles. The number of amides is 1. The van der Waals surface area contributed by atoms with Crippen LogP contribution in [0, 0.1) is 0 Å². The Labute approximate surface area is 169 Å². The molecule has 0 bridgehead atoms. The predicted molar refractivity (Wildman–Crippen MR) is 101 cm³/mol. The molecule has 29 heavy (non-hydrogen) atoms. The molecule has 1 aliphatic heterocycles. The maximum Gasteiger partial charge on any atom is 0.374 e. The van der Waals surface area contributed by atoms with E-state index >= 15 is 0 Å². The van der Waals surface area contributed by atoms with Gasteiger partial charge in [0, 0.05) is 12.1 Å². The fraction of sp³-hybridized carbons (Fsp3) is 0.647. The lowest BCUT2D eigenvalue weighted by atomic mass is 9.93. The van der Waals surface area contributed by atoms with Crippen molar-refractivity contribution in [3.8, 4) is 0 Å². The Bertz CT molecular complexity index is 977. The first-order valence-corrected chi connectivity index (χ1v) is 12.7. The van der Waals surface area contributed by atoms with Crippen LogP contribution in [0.3, 0.4) is 0 Å². The number of sulfonamides is 1. The monoisotopic (exact) mass is 448 g/mol. The lowest BCUT2D eigenvalue weighted by Crippen LogP contribution is -2.50. The number of nitrogens with zero attached hydrogens (tertiary/aromatic N) is 1. The summed E-state index contributed by atoms with van der Waals surface area (Å²) < 4.78 is 56.1. The van der Waals surface area contributed by atoms with E-state index in [9.17, 15) is 26.4 Å². The number of hydrogen-bond donors (Lipinski definition) is 1. The third-order valence-electron chi connectivity index (χ3n) is 5.25. The standard InChI is InChI=1S/C17H24N2O8S2/c18-29(24,25)16-7-6-14(27-16)17(21)26-10-15(20)19(12-4-2-1-3-5-12)13-8-9-28(22,23)11-13/h6-7,12-13H,1-5,8-11H2,(H2,18,24,25). The van der Waals surface area contributed by atoms with Crippen LogP contribution in [-0.2, 0) is 29.4 Å². The molecule has 2 aliphatic rings. The van der Waals surface area contributed by atoms with Gasteiger partial charge in [0.1, 0.15) is 0 Å². The molecule has 2 heterocycles. The molecule has 1 aromatic rings. The average Bonchev–Trinajstić information content (AvgIpc) is 3.28. The summed E-state index contributed by atoms with van der Waals surface area (Å²) in [5.41, 5.74) is 0. The third kappa shape index (κ3) is 5.37. The van der Waals surface area contributed by atoms with Crippen LogP contribution in [0.1, 0.15) is 49.1 Å². The normalized spacial score (nSPS) is 22.3. The van der Waals surface area contributed by atoms with Crippen LogP contribution in [0.25, 0.3) is 0 Å². The van der Waals surface area contributed by atoms with Crippen molar-refractivity contribution in [2.24, 2.45) is 5.14 Å². The minimum atomic E-state index is -4.10. The minimum Gasteiger partial charge on any atom is -0.450 e. The van der Waals surface area contributed by atoms with Gasteiger partial charge in [-0.15, -0.1) is 0 Å². The molecule has 10 nitrogen and oxygen atoms in total. The van der Waals surface area contributed by atoms with E-state index in [1.807, 2.05) is 0 Å². The van der Waals surface area contributed by atoms with Gasteiger partial charge in [-0.05, 0) is 31.4 Å². The summed E-state index contributed by atoms with van der Waals surface area (Å²) in [4.78, 5) is 26.5. The highest BCUT2D eigenvalue weighted by Gasteiger charge is 2.38. The maximum absolute atomic E-state index is 12.8. The lowest BCUT2D eigenvalue weighted by Gasteiger charge is -2.38. The zero-order valence-electron chi connectivity index (χ0n) is 15.8. The van der Waals surface area contributed by atoms with E-state index in [0.717, 1.165) is 44.2 Å². The van der Waals surface area contributed by atoms with Crippen molar-refractivity contribution >= 4 is 31.7 Å². The largest absolute Gasteiger partial charge is 0.450 e. The van der Waals surface area contributed by atoms with Crippen LogP contribution in [0.5, 0.6) is 0 Å². The number of primary sulfonamides is 1. The zero-order chi connectivity index (χ0) is 21.2. The number of sulfone groups is 1. The molecule has 2 fully saturated rings. The molecule has 1 saturated carbocycles. The Hall–Kier alpha value is -1.92. The van der Waals surface area contributed by atoms with Crippen molar-refractivity contribution in [2.45, 2.75) is 55.7 Å². The Morgan fingerprint density at radius 2 is 1.83 bits per heavy atom. The Kier molecular flexibility index (Phi) is 6.34. The highest BCUT2D eigenvalue weighted by molar-refractivity contribution is 7.91. The number of carbonyl (C=O) groups excluding carboxylic acids is 2. The van der Waals surface area contributed by atoms with Crippen molar-refractivity contribution in [2.75, 3.05) is 18.1 Å². The molecule has 1 aromatic heterocycles. The van der Waals surface area contributed by atoms with E-state index in [4.69, 9.17) is 14.3 Å². The van der Waals surface area contributed by atoms with Crippen molar-refractivity contribution in [1.82, 2.24) is 4.90 Å². The van der Waals surface area contributed by atoms with Crippen LogP contribution >= 0.6 is 0 Å². The van der Waals surface area contributed by atoms with Crippen molar-refractivity contribution in [3.05, 3.63) is 17.9 Å². The van der Waals surface area contributed by atoms with Crippen molar-refractivity contribution in [1.29, 1.82) is 0 Å². The molecule has 0 radical (unpaired) electrons. The molecule has 3 rings (SSSR count). The number of furan rings is 1. The van der Waals surface area contributed by atoms with Gasteiger partial charge in [-0.1, -0.05) is 19.3 Å². The number of hydrogen-bond acceptors (Lipinski definition) is 8. The summed E-state index contributed by atoms with van der Waals surface area (Å²) in [6.45, 7) is -0.586. The Balaban J connectivity index is 1.68. The molecule has 2 N–H and O–H groups in total. The second kappa shape index (κ2) is 8.44. The summed E-state index contributed by atoms with van der Waals surface area (Å²) in [6.07, 6.45) is 4.92. The summed E-state index contributed by atoms with van der Waals surface area (Å²) >= 11 is 0.